The molecule has 1 amide bonds. The molecule has 0 radical (unpaired) electrons. The second-order valence-electron chi connectivity index (χ2n) is 6.20. The largest absolute Gasteiger partial charge is 0.481 e. The van der Waals surface area contributed by atoms with Crippen molar-refractivity contribution >= 4 is 22.4 Å². The number of rotatable bonds is 4. The maximum Gasteiger partial charge on any atom is 0.223 e. The van der Waals surface area contributed by atoms with Gasteiger partial charge in [-0.3, -0.25) is 9.69 Å². The number of pyridine rings is 1. The molecule has 0 aromatic carbocycles. The SMILES string of the molecule is COc1cccc(C#CC2CCN(Cc3cnc(NC(C)=O)s3)CC2)n1. The molecule has 1 fully saturated rings. The molecule has 1 aliphatic rings. The van der Waals surface area contributed by atoms with Crippen LogP contribution in [0.25, 0.3) is 0 Å². The lowest BCUT2D eigenvalue weighted by Crippen LogP contribution is -2.32. The predicted octanol–water partition coefficient (Wildman–Crippen LogP) is 2.77. The molecule has 2 aromatic heterocycles. The number of amides is 1. The van der Waals surface area contributed by atoms with Crippen molar-refractivity contribution in [2.75, 3.05) is 25.5 Å². The summed E-state index contributed by atoms with van der Waals surface area (Å²) in [6.07, 6.45) is 3.94. The third-order valence-electron chi connectivity index (χ3n) is 4.14. The Bertz CT molecular complexity index is 816. The molecule has 6 nitrogen and oxygen atoms in total. The number of carbonyl (C=O) groups is 1. The van der Waals surface area contributed by atoms with E-state index in [1.807, 2.05) is 24.4 Å². The van der Waals surface area contributed by atoms with E-state index in [2.05, 4.69) is 32.0 Å². The van der Waals surface area contributed by atoms with Crippen molar-refractivity contribution < 1.29 is 9.53 Å². The molecule has 0 aliphatic carbocycles. The van der Waals surface area contributed by atoms with Crippen LogP contribution in [0.5, 0.6) is 5.88 Å². The van der Waals surface area contributed by atoms with Gasteiger partial charge in [0.25, 0.3) is 0 Å². The summed E-state index contributed by atoms with van der Waals surface area (Å²) in [5.41, 5.74) is 0.752. The summed E-state index contributed by atoms with van der Waals surface area (Å²) in [5, 5.41) is 3.39. The maximum atomic E-state index is 11.1. The van der Waals surface area contributed by atoms with E-state index >= 15 is 0 Å². The maximum absolute atomic E-state index is 11.1. The van der Waals surface area contributed by atoms with E-state index in [-0.39, 0.29) is 5.91 Å². The van der Waals surface area contributed by atoms with E-state index in [9.17, 15) is 4.79 Å². The Balaban J connectivity index is 1.49. The number of hydrogen-bond acceptors (Lipinski definition) is 6. The Labute approximate surface area is 157 Å². The Morgan fingerprint density at radius 1 is 1.42 bits per heavy atom. The van der Waals surface area contributed by atoms with Crippen molar-refractivity contribution in [3.8, 4) is 17.7 Å². The fraction of sp³-hybridized carbons (Fsp3) is 0.421. The van der Waals surface area contributed by atoms with Crippen LogP contribution in [0.2, 0.25) is 0 Å². The molecule has 0 spiro atoms. The van der Waals surface area contributed by atoms with Gasteiger partial charge in [0.05, 0.1) is 7.11 Å². The number of methoxy groups -OCH3 is 1. The molecule has 7 heteroatoms. The van der Waals surface area contributed by atoms with Crippen molar-refractivity contribution in [1.29, 1.82) is 0 Å². The number of anilines is 1. The van der Waals surface area contributed by atoms with Gasteiger partial charge in [-0.25, -0.2) is 9.97 Å². The number of piperidine rings is 1. The molecule has 2 aromatic rings. The van der Waals surface area contributed by atoms with Crippen molar-refractivity contribution in [2.45, 2.75) is 26.3 Å². The van der Waals surface area contributed by atoms with E-state index in [0.29, 0.717) is 16.9 Å². The molecule has 3 heterocycles. The minimum Gasteiger partial charge on any atom is -0.481 e. The Morgan fingerprint density at radius 2 is 2.23 bits per heavy atom. The Kier molecular flexibility index (Phi) is 6.21. The number of likely N-dealkylation sites (tertiary alicyclic amines) is 1. The van der Waals surface area contributed by atoms with Crippen LogP contribution in [-0.2, 0) is 11.3 Å². The lowest BCUT2D eigenvalue weighted by atomic mass is 9.97. The van der Waals surface area contributed by atoms with Crippen molar-refractivity contribution in [3.05, 3.63) is 35.0 Å². The van der Waals surface area contributed by atoms with Gasteiger partial charge in [-0.05, 0) is 37.9 Å². The van der Waals surface area contributed by atoms with Crippen LogP contribution in [0.3, 0.4) is 0 Å². The third-order valence-corrected chi connectivity index (χ3v) is 5.04. The fourth-order valence-electron chi connectivity index (χ4n) is 2.82. The van der Waals surface area contributed by atoms with Gasteiger partial charge in [0.2, 0.25) is 11.8 Å². The van der Waals surface area contributed by atoms with Gasteiger partial charge in [-0.15, -0.1) is 11.3 Å². The normalized spacial score (nSPS) is 15.2. The van der Waals surface area contributed by atoms with Crippen LogP contribution in [0.4, 0.5) is 5.13 Å². The third kappa shape index (κ3) is 5.28. The highest BCUT2D eigenvalue weighted by molar-refractivity contribution is 7.15. The summed E-state index contributed by atoms with van der Waals surface area (Å²) in [5.74, 6) is 7.42. The van der Waals surface area contributed by atoms with Gasteiger partial charge in [0.1, 0.15) is 5.69 Å². The summed E-state index contributed by atoms with van der Waals surface area (Å²) >= 11 is 1.53. The zero-order valence-corrected chi connectivity index (χ0v) is 15.8. The fourth-order valence-corrected chi connectivity index (χ4v) is 3.72. The van der Waals surface area contributed by atoms with Gasteiger partial charge in [-0.2, -0.15) is 0 Å². The number of nitrogens with zero attached hydrogens (tertiary/aromatic N) is 3. The van der Waals surface area contributed by atoms with Gasteiger partial charge in [0, 0.05) is 36.5 Å². The second kappa shape index (κ2) is 8.79. The first-order chi connectivity index (χ1) is 12.6. The standard InChI is InChI=1S/C19H22N4O2S/c1-14(24)21-19-20-12-17(26-19)13-23-10-8-15(9-11-23)6-7-16-4-3-5-18(22-16)25-2/h3-5,12,15H,8-11,13H2,1-2H3,(H,20,21,24). The van der Waals surface area contributed by atoms with Crippen molar-refractivity contribution in [2.24, 2.45) is 5.92 Å². The van der Waals surface area contributed by atoms with Crippen molar-refractivity contribution in [1.82, 2.24) is 14.9 Å². The van der Waals surface area contributed by atoms with E-state index in [1.54, 1.807) is 7.11 Å². The lowest BCUT2D eigenvalue weighted by Gasteiger charge is -2.29. The molecule has 1 saturated heterocycles. The number of carbonyl (C=O) groups excluding carboxylic acids is 1. The van der Waals surface area contributed by atoms with Gasteiger partial charge >= 0.3 is 0 Å². The topological polar surface area (TPSA) is 67.3 Å². The number of nitrogens with one attached hydrogen (secondary N) is 1. The van der Waals surface area contributed by atoms with E-state index < -0.39 is 0 Å². The van der Waals surface area contributed by atoms with Crippen LogP contribution in [0.1, 0.15) is 30.3 Å². The number of thiazole rings is 1. The molecular formula is C19H22N4O2S. The first-order valence-electron chi connectivity index (χ1n) is 8.59. The molecular weight excluding hydrogens is 348 g/mol. The number of ether oxygens (including phenoxy) is 1. The quantitative estimate of drug-likeness (QED) is 0.839. The van der Waals surface area contributed by atoms with Crippen LogP contribution in [-0.4, -0.2) is 41.0 Å². The molecule has 1 N–H and O–H groups in total. The monoisotopic (exact) mass is 370 g/mol. The van der Waals surface area contributed by atoms with E-state index in [4.69, 9.17) is 4.74 Å². The smallest absolute Gasteiger partial charge is 0.223 e. The second-order valence-corrected chi connectivity index (χ2v) is 7.31. The lowest BCUT2D eigenvalue weighted by molar-refractivity contribution is -0.114. The summed E-state index contributed by atoms with van der Waals surface area (Å²) in [4.78, 5) is 23.2. The first-order valence-corrected chi connectivity index (χ1v) is 9.41. The zero-order valence-electron chi connectivity index (χ0n) is 15.0. The molecule has 0 unspecified atom stereocenters. The van der Waals surface area contributed by atoms with Crippen LogP contribution in [0.15, 0.2) is 24.4 Å². The highest BCUT2D eigenvalue weighted by atomic mass is 32.1. The summed E-state index contributed by atoms with van der Waals surface area (Å²) in [7, 11) is 1.61. The highest BCUT2D eigenvalue weighted by Gasteiger charge is 2.18. The minimum atomic E-state index is -0.0872. The highest BCUT2D eigenvalue weighted by Crippen LogP contribution is 2.23. The minimum absolute atomic E-state index is 0.0872. The average molecular weight is 370 g/mol. The van der Waals surface area contributed by atoms with Crippen molar-refractivity contribution in [3.63, 3.8) is 0 Å². The molecule has 1 aliphatic heterocycles. The Hall–Kier alpha value is -2.43. The molecule has 3 rings (SSSR count). The molecule has 0 atom stereocenters. The van der Waals surface area contributed by atoms with Gasteiger partial charge in [0.15, 0.2) is 5.13 Å². The number of aromatic nitrogens is 2. The molecule has 136 valence electrons. The molecule has 0 saturated carbocycles. The first kappa shape index (κ1) is 18.4. The summed E-state index contributed by atoms with van der Waals surface area (Å²) < 4.78 is 5.13. The molecule has 0 bridgehead atoms. The average Bonchev–Trinajstić information content (AvgIpc) is 3.07. The number of hydrogen-bond donors (Lipinski definition) is 1. The van der Waals surface area contributed by atoms with Gasteiger partial charge in [-0.1, -0.05) is 12.0 Å². The Morgan fingerprint density at radius 3 is 2.96 bits per heavy atom. The summed E-state index contributed by atoms with van der Waals surface area (Å²) in [6, 6.07) is 5.63. The van der Waals surface area contributed by atoms with E-state index in [1.165, 1.54) is 23.1 Å². The van der Waals surface area contributed by atoms with Crippen LogP contribution < -0.4 is 10.1 Å². The van der Waals surface area contributed by atoms with Gasteiger partial charge < -0.3 is 10.1 Å². The van der Waals surface area contributed by atoms with E-state index in [0.717, 1.165) is 38.2 Å². The summed E-state index contributed by atoms with van der Waals surface area (Å²) in [6.45, 7) is 4.39. The van der Waals surface area contributed by atoms with Crippen LogP contribution in [0, 0.1) is 17.8 Å². The predicted molar refractivity (Wildman–Crippen MR) is 102 cm³/mol. The zero-order chi connectivity index (χ0) is 18.4. The van der Waals surface area contributed by atoms with Crippen LogP contribution >= 0.6 is 11.3 Å². The molecule has 26 heavy (non-hydrogen) atoms.